The number of rotatable bonds is 5. The SMILES string of the molecule is Oc1cccc(I)c1CN1CCC[C@@H]1C(O)(c1ccccc1)c1ccccc1. The van der Waals surface area contributed by atoms with Crippen LogP contribution in [-0.2, 0) is 12.1 Å². The van der Waals surface area contributed by atoms with Crippen LogP contribution in [0, 0.1) is 3.57 Å². The fourth-order valence-corrected chi connectivity index (χ4v) is 4.99. The first-order chi connectivity index (χ1) is 13.6. The number of nitrogens with zero attached hydrogens (tertiary/aromatic N) is 1. The summed E-state index contributed by atoms with van der Waals surface area (Å²) in [4.78, 5) is 2.32. The van der Waals surface area contributed by atoms with E-state index in [4.69, 9.17) is 0 Å². The quantitative estimate of drug-likeness (QED) is 0.506. The average Bonchev–Trinajstić information content (AvgIpc) is 3.20. The summed E-state index contributed by atoms with van der Waals surface area (Å²) in [7, 11) is 0. The highest BCUT2D eigenvalue weighted by Gasteiger charge is 2.45. The van der Waals surface area contributed by atoms with Gasteiger partial charge in [-0.25, -0.2) is 0 Å². The molecule has 0 radical (unpaired) electrons. The number of hydrogen-bond acceptors (Lipinski definition) is 3. The summed E-state index contributed by atoms with van der Waals surface area (Å²) in [6, 6.07) is 25.5. The minimum absolute atomic E-state index is 0.0623. The molecule has 3 aromatic carbocycles. The second-order valence-electron chi connectivity index (χ2n) is 7.36. The van der Waals surface area contributed by atoms with Crippen molar-refractivity contribution in [3.05, 3.63) is 99.1 Å². The molecule has 1 atom stereocenters. The maximum Gasteiger partial charge on any atom is 0.130 e. The first-order valence-corrected chi connectivity index (χ1v) is 10.7. The van der Waals surface area contributed by atoms with Crippen LogP contribution in [0.4, 0.5) is 0 Å². The largest absolute Gasteiger partial charge is 0.508 e. The van der Waals surface area contributed by atoms with Crippen molar-refractivity contribution in [1.82, 2.24) is 4.90 Å². The molecule has 1 fully saturated rings. The highest BCUT2D eigenvalue weighted by Crippen LogP contribution is 2.41. The van der Waals surface area contributed by atoms with E-state index < -0.39 is 5.60 Å². The third-order valence-corrected chi connectivity index (χ3v) is 6.74. The molecule has 0 amide bonds. The summed E-state index contributed by atoms with van der Waals surface area (Å²) in [5.41, 5.74) is 1.64. The third-order valence-electron chi connectivity index (χ3n) is 5.73. The summed E-state index contributed by atoms with van der Waals surface area (Å²) in [5.74, 6) is 0.320. The third kappa shape index (κ3) is 3.56. The van der Waals surface area contributed by atoms with Gasteiger partial charge < -0.3 is 10.2 Å². The highest BCUT2D eigenvalue weighted by atomic mass is 127. The fraction of sp³-hybridized carbons (Fsp3) is 0.250. The Morgan fingerprint density at radius 2 is 1.50 bits per heavy atom. The zero-order valence-electron chi connectivity index (χ0n) is 15.6. The summed E-state index contributed by atoms with van der Waals surface area (Å²) in [6.07, 6.45) is 1.93. The Bertz CT molecular complexity index is 870. The highest BCUT2D eigenvalue weighted by molar-refractivity contribution is 14.1. The molecule has 4 rings (SSSR count). The second-order valence-corrected chi connectivity index (χ2v) is 8.53. The van der Waals surface area contributed by atoms with Gasteiger partial charge in [-0.05, 0) is 65.2 Å². The van der Waals surface area contributed by atoms with Gasteiger partial charge in [0.1, 0.15) is 11.4 Å². The minimum atomic E-state index is -1.10. The number of phenolic OH excluding ortho intramolecular Hbond substituents is 1. The Morgan fingerprint density at radius 1 is 0.893 bits per heavy atom. The number of aromatic hydroxyl groups is 1. The van der Waals surface area contributed by atoms with Gasteiger partial charge in [0.05, 0.1) is 0 Å². The van der Waals surface area contributed by atoms with E-state index in [1.165, 1.54) is 0 Å². The van der Waals surface area contributed by atoms with Crippen molar-refractivity contribution < 1.29 is 10.2 Å². The van der Waals surface area contributed by atoms with E-state index in [9.17, 15) is 10.2 Å². The van der Waals surface area contributed by atoms with Crippen LogP contribution >= 0.6 is 22.6 Å². The van der Waals surface area contributed by atoms with E-state index in [-0.39, 0.29) is 6.04 Å². The van der Waals surface area contributed by atoms with E-state index in [0.717, 1.165) is 39.6 Å². The molecule has 0 spiro atoms. The zero-order valence-corrected chi connectivity index (χ0v) is 17.8. The van der Waals surface area contributed by atoms with Gasteiger partial charge in [0.15, 0.2) is 0 Å². The van der Waals surface area contributed by atoms with E-state index in [2.05, 4.69) is 27.5 Å². The van der Waals surface area contributed by atoms with Crippen LogP contribution in [0.2, 0.25) is 0 Å². The van der Waals surface area contributed by atoms with Gasteiger partial charge in [-0.2, -0.15) is 0 Å². The van der Waals surface area contributed by atoms with Crippen LogP contribution in [-0.4, -0.2) is 27.7 Å². The molecular formula is C24H24INO2. The van der Waals surface area contributed by atoms with E-state index in [1.54, 1.807) is 6.07 Å². The molecule has 0 bridgehead atoms. The fourth-order valence-electron chi connectivity index (χ4n) is 4.33. The normalized spacial score (nSPS) is 17.7. The lowest BCUT2D eigenvalue weighted by atomic mass is 9.79. The first kappa shape index (κ1) is 19.4. The average molecular weight is 485 g/mol. The Balaban J connectivity index is 1.76. The van der Waals surface area contributed by atoms with Crippen molar-refractivity contribution in [2.24, 2.45) is 0 Å². The van der Waals surface area contributed by atoms with Crippen molar-refractivity contribution in [2.75, 3.05) is 6.54 Å². The molecule has 144 valence electrons. The smallest absolute Gasteiger partial charge is 0.130 e. The molecule has 0 aromatic heterocycles. The summed E-state index contributed by atoms with van der Waals surface area (Å²) in [5, 5.41) is 22.5. The topological polar surface area (TPSA) is 43.7 Å². The van der Waals surface area contributed by atoms with E-state index in [0.29, 0.717) is 12.3 Å². The maximum atomic E-state index is 12.1. The summed E-state index contributed by atoms with van der Waals surface area (Å²) >= 11 is 2.27. The predicted molar refractivity (Wildman–Crippen MR) is 120 cm³/mol. The zero-order chi connectivity index (χ0) is 19.6. The molecule has 28 heavy (non-hydrogen) atoms. The molecule has 0 saturated carbocycles. The maximum absolute atomic E-state index is 12.1. The molecule has 1 saturated heterocycles. The standard InChI is InChI=1S/C24H24INO2/c25-21-13-7-14-22(27)20(21)17-26-16-8-15-23(26)24(28,18-9-3-1-4-10-18)19-11-5-2-6-12-19/h1-7,9-14,23,27-28H,8,15-17H2/t23-/m1/s1. The molecule has 3 aromatic rings. The van der Waals surface area contributed by atoms with Crippen LogP contribution in [0.3, 0.4) is 0 Å². The molecule has 4 heteroatoms. The van der Waals surface area contributed by atoms with Crippen LogP contribution in [0.1, 0.15) is 29.5 Å². The Labute approximate surface area is 179 Å². The Hall–Kier alpha value is -1.89. The molecule has 0 unspecified atom stereocenters. The van der Waals surface area contributed by atoms with Crippen molar-refractivity contribution >= 4 is 22.6 Å². The lowest BCUT2D eigenvalue weighted by Crippen LogP contribution is -2.48. The van der Waals surface area contributed by atoms with Gasteiger partial charge in [-0.3, -0.25) is 4.90 Å². The number of halogens is 1. The van der Waals surface area contributed by atoms with Gasteiger partial charge in [0.2, 0.25) is 0 Å². The Kier molecular flexibility index (Phi) is 5.71. The van der Waals surface area contributed by atoms with Crippen LogP contribution in [0.25, 0.3) is 0 Å². The minimum Gasteiger partial charge on any atom is -0.508 e. The van der Waals surface area contributed by atoms with Crippen molar-refractivity contribution in [3.63, 3.8) is 0 Å². The predicted octanol–water partition coefficient (Wildman–Crippen LogP) is 4.90. The number of aliphatic hydroxyl groups is 1. The van der Waals surface area contributed by atoms with Gasteiger partial charge in [-0.15, -0.1) is 0 Å². The van der Waals surface area contributed by atoms with Crippen LogP contribution < -0.4 is 0 Å². The molecule has 1 aliphatic rings. The molecule has 2 N–H and O–H groups in total. The molecule has 1 heterocycles. The number of hydrogen-bond donors (Lipinski definition) is 2. The lowest BCUT2D eigenvalue weighted by Gasteiger charge is -2.40. The van der Waals surface area contributed by atoms with Gasteiger partial charge >= 0.3 is 0 Å². The van der Waals surface area contributed by atoms with Crippen molar-refractivity contribution in [3.8, 4) is 5.75 Å². The second kappa shape index (κ2) is 8.23. The summed E-state index contributed by atoms with van der Waals surface area (Å²) in [6.45, 7) is 1.52. The number of likely N-dealkylation sites (tertiary alicyclic amines) is 1. The van der Waals surface area contributed by atoms with Gasteiger partial charge in [-0.1, -0.05) is 66.7 Å². The van der Waals surface area contributed by atoms with E-state index in [1.807, 2.05) is 72.8 Å². The van der Waals surface area contributed by atoms with Crippen molar-refractivity contribution in [1.29, 1.82) is 0 Å². The van der Waals surface area contributed by atoms with Crippen LogP contribution in [0.5, 0.6) is 5.75 Å². The molecular weight excluding hydrogens is 461 g/mol. The van der Waals surface area contributed by atoms with Crippen LogP contribution in [0.15, 0.2) is 78.9 Å². The van der Waals surface area contributed by atoms with Gasteiger partial charge in [0.25, 0.3) is 0 Å². The molecule has 1 aliphatic heterocycles. The summed E-state index contributed by atoms with van der Waals surface area (Å²) < 4.78 is 1.05. The van der Waals surface area contributed by atoms with Crippen molar-refractivity contribution in [2.45, 2.75) is 31.0 Å². The first-order valence-electron chi connectivity index (χ1n) is 9.64. The Morgan fingerprint density at radius 3 is 2.07 bits per heavy atom. The van der Waals surface area contributed by atoms with E-state index >= 15 is 0 Å². The monoisotopic (exact) mass is 485 g/mol. The lowest BCUT2D eigenvalue weighted by molar-refractivity contribution is -0.00679. The number of benzene rings is 3. The molecule has 3 nitrogen and oxygen atoms in total. The van der Waals surface area contributed by atoms with Gasteiger partial charge in [0, 0.05) is 21.7 Å². The number of phenols is 1. The molecule has 0 aliphatic carbocycles.